The first-order chi connectivity index (χ1) is 10.1. The van der Waals surface area contributed by atoms with Gasteiger partial charge < -0.3 is 9.47 Å². The van der Waals surface area contributed by atoms with E-state index in [1.165, 1.54) is 14.2 Å². The fraction of sp³-hybridized carbons (Fsp3) is 0.562. The molecule has 1 aromatic rings. The first kappa shape index (κ1) is 17.1. The zero-order valence-electron chi connectivity index (χ0n) is 12.9. The highest BCUT2D eigenvalue weighted by atomic mass is 16.5. The molecule has 0 unspecified atom stereocenters. The Labute approximate surface area is 125 Å². The second-order valence-electron chi connectivity index (χ2n) is 5.02. The SMILES string of the molecule is CCCCC(CCc1ccncc1)(C(=O)OC)C(=O)OC. The van der Waals surface area contributed by atoms with Gasteiger partial charge in [-0.3, -0.25) is 14.6 Å². The lowest BCUT2D eigenvalue weighted by molar-refractivity contribution is -0.170. The molecule has 1 heterocycles. The molecule has 0 aliphatic heterocycles. The van der Waals surface area contributed by atoms with E-state index in [9.17, 15) is 9.59 Å². The lowest BCUT2D eigenvalue weighted by Gasteiger charge is -2.28. The highest BCUT2D eigenvalue weighted by Gasteiger charge is 2.47. The Kier molecular flexibility index (Phi) is 6.85. The summed E-state index contributed by atoms with van der Waals surface area (Å²) >= 11 is 0. The van der Waals surface area contributed by atoms with Gasteiger partial charge >= 0.3 is 11.9 Å². The summed E-state index contributed by atoms with van der Waals surface area (Å²) in [6.07, 6.45) is 6.45. The van der Waals surface area contributed by atoms with Crippen molar-refractivity contribution in [3.63, 3.8) is 0 Å². The standard InChI is InChI=1S/C16H23NO4/c1-4-5-9-16(14(18)20-2,15(19)21-3)10-6-13-7-11-17-12-8-13/h7-8,11-12H,4-6,9-10H2,1-3H3. The average molecular weight is 293 g/mol. The molecule has 5 heteroatoms. The molecule has 21 heavy (non-hydrogen) atoms. The number of hydrogen-bond acceptors (Lipinski definition) is 5. The summed E-state index contributed by atoms with van der Waals surface area (Å²) in [7, 11) is 2.61. The number of carbonyl (C=O) groups is 2. The van der Waals surface area contributed by atoms with E-state index in [2.05, 4.69) is 4.98 Å². The molecule has 116 valence electrons. The van der Waals surface area contributed by atoms with E-state index < -0.39 is 17.4 Å². The van der Waals surface area contributed by atoms with E-state index >= 15 is 0 Å². The Morgan fingerprint density at radius 3 is 2.14 bits per heavy atom. The summed E-state index contributed by atoms with van der Waals surface area (Å²) in [6, 6.07) is 3.75. The molecule has 0 aromatic carbocycles. The summed E-state index contributed by atoms with van der Waals surface area (Å²) in [5.74, 6) is -1.03. The maximum atomic E-state index is 12.2. The van der Waals surface area contributed by atoms with Crippen LogP contribution in [0.3, 0.4) is 0 Å². The van der Waals surface area contributed by atoms with Crippen molar-refractivity contribution in [3.05, 3.63) is 30.1 Å². The van der Waals surface area contributed by atoms with Crippen molar-refractivity contribution >= 4 is 11.9 Å². The maximum absolute atomic E-state index is 12.2. The number of methoxy groups -OCH3 is 2. The molecular weight excluding hydrogens is 270 g/mol. The van der Waals surface area contributed by atoms with Crippen LogP contribution in [0.15, 0.2) is 24.5 Å². The third-order valence-corrected chi connectivity index (χ3v) is 3.70. The minimum absolute atomic E-state index is 0.371. The van der Waals surface area contributed by atoms with Crippen molar-refractivity contribution in [3.8, 4) is 0 Å². The Morgan fingerprint density at radius 1 is 1.10 bits per heavy atom. The van der Waals surface area contributed by atoms with E-state index in [4.69, 9.17) is 9.47 Å². The Morgan fingerprint density at radius 2 is 1.67 bits per heavy atom. The van der Waals surface area contributed by atoms with Gasteiger partial charge in [0.05, 0.1) is 14.2 Å². The molecule has 0 N–H and O–H groups in total. The van der Waals surface area contributed by atoms with Crippen LogP contribution in [0.5, 0.6) is 0 Å². The fourth-order valence-corrected chi connectivity index (χ4v) is 2.39. The first-order valence-electron chi connectivity index (χ1n) is 7.16. The normalized spacial score (nSPS) is 11.0. The van der Waals surface area contributed by atoms with Crippen molar-refractivity contribution in [1.29, 1.82) is 0 Å². The molecule has 5 nitrogen and oxygen atoms in total. The largest absolute Gasteiger partial charge is 0.468 e. The maximum Gasteiger partial charge on any atom is 0.323 e. The summed E-state index contributed by atoms with van der Waals surface area (Å²) in [6.45, 7) is 2.02. The highest BCUT2D eigenvalue weighted by Crippen LogP contribution is 2.33. The van der Waals surface area contributed by atoms with Gasteiger partial charge in [-0.1, -0.05) is 19.8 Å². The quantitative estimate of drug-likeness (QED) is 0.544. The Bertz CT molecular complexity index is 443. The van der Waals surface area contributed by atoms with Crippen molar-refractivity contribution in [2.24, 2.45) is 5.41 Å². The van der Waals surface area contributed by atoms with Crippen molar-refractivity contribution in [2.45, 2.75) is 39.0 Å². The molecule has 1 aromatic heterocycles. The van der Waals surface area contributed by atoms with E-state index in [1.54, 1.807) is 12.4 Å². The predicted molar refractivity (Wildman–Crippen MR) is 78.5 cm³/mol. The molecule has 0 atom stereocenters. The summed E-state index contributed by atoms with van der Waals surface area (Å²) < 4.78 is 9.74. The molecular formula is C16H23NO4. The van der Waals surface area contributed by atoms with Gasteiger partial charge in [-0.25, -0.2) is 0 Å². The monoisotopic (exact) mass is 293 g/mol. The van der Waals surface area contributed by atoms with Crippen LogP contribution in [-0.4, -0.2) is 31.1 Å². The van der Waals surface area contributed by atoms with Gasteiger partial charge in [-0.2, -0.15) is 0 Å². The second-order valence-corrected chi connectivity index (χ2v) is 5.02. The minimum Gasteiger partial charge on any atom is -0.468 e. The topological polar surface area (TPSA) is 65.5 Å². The van der Waals surface area contributed by atoms with Gasteiger partial charge in [0.1, 0.15) is 0 Å². The summed E-state index contributed by atoms with van der Waals surface area (Å²) in [4.78, 5) is 28.4. The number of esters is 2. The molecule has 1 rings (SSSR count). The van der Waals surface area contributed by atoms with Gasteiger partial charge in [0.25, 0.3) is 0 Å². The molecule has 0 saturated heterocycles. The van der Waals surface area contributed by atoms with E-state index in [-0.39, 0.29) is 0 Å². The van der Waals surface area contributed by atoms with Crippen LogP contribution in [0.4, 0.5) is 0 Å². The van der Waals surface area contributed by atoms with Gasteiger partial charge in [0.15, 0.2) is 5.41 Å². The van der Waals surface area contributed by atoms with E-state index in [0.29, 0.717) is 19.3 Å². The van der Waals surface area contributed by atoms with Crippen LogP contribution in [0.1, 0.15) is 38.2 Å². The number of hydrogen-bond donors (Lipinski definition) is 0. The molecule has 0 radical (unpaired) electrons. The third-order valence-electron chi connectivity index (χ3n) is 3.70. The second kappa shape index (κ2) is 8.39. The van der Waals surface area contributed by atoms with Crippen molar-refractivity contribution in [1.82, 2.24) is 4.98 Å². The zero-order valence-corrected chi connectivity index (χ0v) is 12.9. The van der Waals surface area contributed by atoms with Gasteiger partial charge in [0.2, 0.25) is 0 Å². The molecule has 0 bridgehead atoms. The van der Waals surface area contributed by atoms with E-state index in [0.717, 1.165) is 18.4 Å². The average Bonchev–Trinajstić information content (AvgIpc) is 2.55. The highest BCUT2D eigenvalue weighted by molar-refractivity contribution is 6.00. The van der Waals surface area contributed by atoms with Gasteiger partial charge in [0, 0.05) is 12.4 Å². The van der Waals surface area contributed by atoms with Gasteiger partial charge in [-0.15, -0.1) is 0 Å². The lowest BCUT2D eigenvalue weighted by atomic mass is 9.77. The van der Waals surface area contributed by atoms with Gasteiger partial charge in [-0.05, 0) is 37.0 Å². The fourth-order valence-electron chi connectivity index (χ4n) is 2.39. The van der Waals surface area contributed by atoms with Crippen LogP contribution >= 0.6 is 0 Å². The number of ether oxygens (including phenoxy) is 2. The van der Waals surface area contributed by atoms with Crippen molar-refractivity contribution in [2.75, 3.05) is 14.2 Å². The number of rotatable bonds is 8. The number of unbranched alkanes of at least 4 members (excludes halogenated alkanes) is 1. The molecule has 0 saturated carbocycles. The Balaban J connectivity index is 2.97. The van der Waals surface area contributed by atoms with Crippen LogP contribution < -0.4 is 0 Å². The molecule has 0 spiro atoms. The van der Waals surface area contributed by atoms with Crippen LogP contribution in [0.25, 0.3) is 0 Å². The smallest absolute Gasteiger partial charge is 0.323 e. The third kappa shape index (κ3) is 4.28. The molecule has 0 fully saturated rings. The molecule has 0 amide bonds. The number of pyridine rings is 1. The lowest BCUT2D eigenvalue weighted by Crippen LogP contribution is -2.41. The summed E-state index contributed by atoms with van der Waals surface area (Å²) in [5.41, 5.74) is -0.193. The zero-order chi connectivity index (χ0) is 15.7. The first-order valence-corrected chi connectivity index (χ1v) is 7.16. The number of aryl methyl sites for hydroxylation is 1. The van der Waals surface area contributed by atoms with Crippen LogP contribution in [0, 0.1) is 5.41 Å². The predicted octanol–water partition coefficient (Wildman–Crippen LogP) is 2.54. The Hall–Kier alpha value is -1.91. The number of aromatic nitrogens is 1. The molecule has 0 aliphatic rings. The molecule has 0 aliphatic carbocycles. The van der Waals surface area contributed by atoms with E-state index in [1.807, 2.05) is 19.1 Å². The number of carbonyl (C=O) groups excluding carboxylic acids is 2. The van der Waals surface area contributed by atoms with Crippen molar-refractivity contribution < 1.29 is 19.1 Å². The minimum atomic E-state index is -1.22. The van der Waals surface area contributed by atoms with Crippen LogP contribution in [-0.2, 0) is 25.5 Å². The van der Waals surface area contributed by atoms with Crippen LogP contribution in [0.2, 0.25) is 0 Å². The summed E-state index contributed by atoms with van der Waals surface area (Å²) in [5, 5.41) is 0. The number of nitrogens with zero attached hydrogens (tertiary/aromatic N) is 1.